The van der Waals surface area contributed by atoms with E-state index in [4.69, 9.17) is 0 Å². The number of non-ortho nitro benzene ring substituents is 1. The quantitative estimate of drug-likeness (QED) is 0.668. The Bertz CT molecular complexity index is 594. The van der Waals surface area contributed by atoms with Crippen molar-refractivity contribution in [2.75, 3.05) is 13.1 Å². The molecule has 0 unspecified atom stereocenters. The Labute approximate surface area is 114 Å². The summed E-state index contributed by atoms with van der Waals surface area (Å²) in [4.78, 5) is 23.2. The minimum atomic E-state index is -0.911. The molecule has 1 saturated heterocycles. The highest BCUT2D eigenvalue weighted by atomic mass is 19.1. The third-order valence-electron chi connectivity index (χ3n) is 3.95. The van der Waals surface area contributed by atoms with Crippen LogP contribution in [-0.4, -0.2) is 39.5 Å². The highest BCUT2D eigenvalue weighted by Gasteiger charge is 2.53. The highest BCUT2D eigenvalue weighted by molar-refractivity contribution is 5.95. The summed E-state index contributed by atoms with van der Waals surface area (Å²) in [5.41, 5.74) is -1.42. The van der Waals surface area contributed by atoms with Gasteiger partial charge in [0.05, 0.1) is 29.6 Å². The zero-order chi connectivity index (χ0) is 14.5. The number of rotatable bonds is 3. The van der Waals surface area contributed by atoms with Gasteiger partial charge >= 0.3 is 0 Å². The Morgan fingerprint density at radius 1 is 1.45 bits per heavy atom. The van der Waals surface area contributed by atoms with Crippen molar-refractivity contribution in [3.8, 4) is 0 Å². The standard InChI is InChI=1S/C13H13FN2O4/c14-11-5-9(16(19)20)3-4-10(11)12(17)15-6-13(18,7-15)8-1-2-8/h3-5,8,18H,1-2,6-7H2. The lowest BCUT2D eigenvalue weighted by Gasteiger charge is -2.47. The molecule has 0 atom stereocenters. The van der Waals surface area contributed by atoms with E-state index in [1.165, 1.54) is 4.90 Å². The highest BCUT2D eigenvalue weighted by Crippen LogP contribution is 2.44. The molecule has 2 fully saturated rings. The normalized spacial score (nSPS) is 20.4. The van der Waals surface area contributed by atoms with E-state index in [0.29, 0.717) is 0 Å². The second-order valence-corrected chi connectivity index (χ2v) is 5.46. The van der Waals surface area contributed by atoms with Gasteiger partial charge in [0.2, 0.25) is 0 Å². The predicted octanol–water partition coefficient (Wildman–Crippen LogP) is 1.33. The Balaban J connectivity index is 1.73. The van der Waals surface area contributed by atoms with Crippen LogP contribution in [0.5, 0.6) is 0 Å². The average Bonchev–Trinajstić information content (AvgIpc) is 3.18. The number of aliphatic hydroxyl groups is 1. The first kappa shape index (κ1) is 13.0. The van der Waals surface area contributed by atoms with Gasteiger partial charge in [-0.25, -0.2) is 4.39 Å². The number of carbonyl (C=O) groups is 1. The Morgan fingerprint density at radius 3 is 2.60 bits per heavy atom. The fraction of sp³-hybridized carbons (Fsp3) is 0.462. The number of likely N-dealkylation sites (tertiary alicyclic amines) is 1. The number of hydrogen-bond acceptors (Lipinski definition) is 4. The van der Waals surface area contributed by atoms with Gasteiger partial charge in [-0.3, -0.25) is 14.9 Å². The molecule has 1 saturated carbocycles. The van der Waals surface area contributed by atoms with Gasteiger partial charge in [-0.2, -0.15) is 0 Å². The summed E-state index contributed by atoms with van der Waals surface area (Å²) in [7, 11) is 0. The molecule has 0 bridgehead atoms. The van der Waals surface area contributed by atoms with Crippen molar-refractivity contribution in [3.63, 3.8) is 0 Å². The molecule has 1 amide bonds. The summed E-state index contributed by atoms with van der Waals surface area (Å²) in [5, 5.41) is 20.6. The van der Waals surface area contributed by atoms with Crippen LogP contribution in [0.3, 0.4) is 0 Å². The number of carbonyl (C=O) groups excluding carboxylic acids is 1. The molecule has 6 nitrogen and oxygen atoms in total. The molecule has 1 aliphatic heterocycles. The molecule has 1 aromatic rings. The van der Waals surface area contributed by atoms with Gasteiger partial charge in [0, 0.05) is 6.07 Å². The van der Waals surface area contributed by atoms with Crippen LogP contribution in [0.15, 0.2) is 18.2 Å². The first-order valence-corrected chi connectivity index (χ1v) is 6.36. The number of amides is 1. The Kier molecular flexibility index (Phi) is 2.75. The molecule has 106 valence electrons. The number of nitrogens with zero attached hydrogens (tertiary/aromatic N) is 2. The van der Waals surface area contributed by atoms with Gasteiger partial charge in [-0.15, -0.1) is 0 Å². The van der Waals surface area contributed by atoms with E-state index < -0.39 is 27.9 Å². The smallest absolute Gasteiger partial charge is 0.272 e. The summed E-state index contributed by atoms with van der Waals surface area (Å²) < 4.78 is 13.7. The van der Waals surface area contributed by atoms with Crippen LogP contribution in [0.4, 0.5) is 10.1 Å². The zero-order valence-electron chi connectivity index (χ0n) is 10.6. The molecule has 20 heavy (non-hydrogen) atoms. The summed E-state index contributed by atoms with van der Waals surface area (Å²) in [6.07, 6.45) is 1.93. The molecule has 0 radical (unpaired) electrons. The van der Waals surface area contributed by atoms with Crippen LogP contribution in [0.1, 0.15) is 23.2 Å². The maximum absolute atomic E-state index is 13.7. The topological polar surface area (TPSA) is 83.7 Å². The molecule has 0 spiro atoms. The van der Waals surface area contributed by atoms with Gasteiger partial charge in [0.15, 0.2) is 0 Å². The SMILES string of the molecule is O=C(c1ccc([N+](=O)[O-])cc1F)N1CC(O)(C2CC2)C1. The van der Waals surface area contributed by atoms with Crippen molar-refractivity contribution in [3.05, 3.63) is 39.7 Å². The van der Waals surface area contributed by atoms with Crippen LogP contribution in [0, 0.1) is 21.8 Å². The van der Waals surface area contributed by atoms with E-state index in [1.54, 1.807) is 0 Å². The maximum Gasteiger partial charge on any atom is 0.272 e. The fourth-order valence-electron chi connectivity index (χ4n) is 2.60. The second kappa shape index (κ2) is 4.24. The Hall–Kier alpha value is -2.02. The van der Waals surface area contributed by atoms with E-state index in [-0.39, 0.29) is 24.6 Å². The predicted molar refractivity (Wildman–Crippen MR) is 66.6 cm³/mol. The summed E-state index contributed by atoms with van der Waals surface area (Å²) >= 11 is 0. The van der Waals surface area contributed by atoms with Crippen LogP contribution in [-0.2, 0) is 0 Å². The number of benzene rings is 1. The van der Waals surface area contributed by atoms with E-state index in [2.05, 4.69) is 0 Å². The molecule has 7 heteroatoms. The lowest BCUT2D eigenvalue weighted by Crippen LogP contribution is -2.64. The van der Waals surface area contributed by atoms with Crippen LogP contribution in [0.25, 0.3) is 0 Å². The number of nitro groups is 1. The molecule has 2 aliphatic rings. The molecule has 3 rings (SSSR count). The Morgan fingerprint density at radius 2 is 2.10 bits per heavy atom. The van der Waals surface area contributed by atoms with E-state index in [1.807, 2.05) is 0 Å². The number of hydrogen-bond donors (Lipinski definition) is 1. The molecule has 0 aromatic heterocycles. The van der Waals surface area contributed by atoms with Crippen molar-refractivity contribution in [2.24, 2.45) is 5.92 Å². The van der Waals surface area contributed by atoms with Crippen LogP contribution in [0.2, 0.25) is 0 Å². The zero-order valence-corrected chi connectivity index (χ0v) is 10.6. The summed E-state index contributed by atoms with van der Waals surface area (Å²) in [6.45, 7) is 0.403. The van der Waals surface area contributed by atoms with Crippen molar-refractivity contribution in [2.45, 2.75) is 18.4 Å². The third kappa shape index (κ3) is 2.03. The number of halogens is 1. The van der Waals surface area contributed by atoms with E-state index in [0.717, 1.165) is 31.0 Å². The number of β-amino-alcohol motifs (C(OH)–C–C–N with tert-alkyl or cyclic N) is 1. The first-order valence-electron chi connectivity index (χ1n) is 6.36. The molecule has 1 N–H and O–H groups in total. The van der Waals surface area contributed by atoms with Crippen molar-refractivity contribution < 1.29 is 19.2 Å². The minimum absolute atomic E-state index is 0.201. The van der Waals surface area contributed by atoms with Crippen LogP contribution < -0.4 is 0 Å². The van der Waals surface area contributed by atoms with E-state index >= 15 is 0 Å². The summed E-state index contributed by atoms with van der Waals surface area (Å²) in [5.74, 6) is -1.21. The second-order valence-electron chi connectivity index (χ2n) is 5.46. The third-order valence-corrected chi connectivity index (χ3v) is 3.95. The number of nitro benzene ring substituents is 1. The van der Waals surface area contributed by atoms with E-state index in [9.17, 15) is 24.4 Å². The lowest BCUT2D eigenvalue weighted by atomic mass is 9.88. The average molecular weight is 280 g/mol. The monoisotopic (exact) mass is 280 g/mol. The molecule has 1 aliphatic carbocycles. The fourth-order valence-corrected chi connectivity index (χ4v) is 2.60. The first-order chi connectivity index (χ1) is 9.40. The lowest BCUT2D eigenvalue weighted by molar-refractivity contribution is -0.385. The van der Waals surface area contributed by atoms with Crippen LogP contribution >= 0.6 is 0 Å². The molecule has 1 heterocycles. The summed E-state index contributed by atoms with van der Waals surface area (Å²) in [6, 6.07) is 2.95. The van der Waals surface area contributed by atoms with Gasteiger partial charge in [-0.1, -0.05) is 0 Å². The largest absolute Gasteiger partial charge is 0.386 e. The van der Waals surface area contributed by atoms with Crippen molar-refractivity contribution in [1.29, 1.82) is 0 Å². The van der Waals surface area contributed by atoms with Crippen molar-refractivity contribution >= 4 is 11.6 Å². The molecular weight excluding hydrogens is 267 g/mol. The minimum Gasteiger partial charge on any atom is -0.386 e. The van der Waals surface area contributed by atoms with Gasteiger partial charge < -0.3 is 10.0 Å². The van der Waals surface area contributed by atoms with Gasteiger partial charge in [0.25, 0.3) is 11.6 Å². The molecule has 1 aromatic carbocycles. The van der Waals surface area contributed by atoms with Crippen molar-refractivity contribution in [1.82, 2.24) is 4.90 Å². The van der Waals surface area contributed by atoms with Gasteiger partial charge in [-0.05, 0) is 24.8 Å². The van der Waals surface area contributed by atoms with Gasteiger partial charge in [0.1, 0.15) is 11.4 Å². The molecular formula is C13H13FN2O4. The maximum atomic E-state index is 13.7.